The number of nitro groups is 1. The van der Waals surface area contributed by atoms with Gasteiger partial charge in [-0.15, -0.1) is 0 Å². The number of methoxy groups -OCH3 is 2. The number of carbonyl (C=O) groups excluding carboxylic acids is 1. The summed E-state index contributed by atoms with van der Waals surface area (Å²) < 4.78 is 10.5. The topological polar surface area (TPSA) is 124 Å². The SMILES string of the molecule is COc1ccc([C@H](NC(C)=O)c2cc([N+](=O)[O-])c3cccnc3c2O)cc1OC. The van der Waals surface area contributed by atoms with Crippen LogP contribution in [0.15, 0.2) is 42.6 Å². The Morgan fingerprint density at radius 1 is 1.21 bits per heavy atom. The second-order valence-corrected chi connectivity index (χ2v) is 6.24. The standard InChI is InChI=1S/C20H19N3O6/c1-11(24)22-18(12-6-7-16(28-2)17(9-12)29-3)14-10-15(23(26)27)13-5-4-8-21-19(13)20(14)25/h4-10,18,25H,1-3H3,(H,22,24)/t18-/m0/s1. The van der Waals surface area contributed by atoms with Crippen molar-refractivity contribution < 1.29 is 24.3 Å². The molecule has 0 radical (unpaired) electrons. The lowest BCUT2D eigenvalue weighted by Gasteiger charge is -2.21. The third-order valence-corrected chi connectivity index (χ3v) is 4.47. The molecule has 9 heteroatoms. The first kappa shape index (κ1) is 19.9. The van der Waals surface area contributed by atoms with Gasteiger partial charge < -0.3 is 19.9 Å². The summed E-state index contributed by atoms with van der Waals surface area (Å²) >= 11 is 0. The molecule has 0 saturated heterocycles. The number of phenolic OH excluding ortho intramolecular Hbond substituents is 1. The molecule has 1 amide bonds. The van der Waals surface area contributed by atoms with Gasteiger partial charge in [-0.3, -0.25) is 19.9 Å². The Kier molecular flexibility index (Phi) is 5.49. The fourth-order valence-corrected chi connectivity index (χ4v) is 3.18. The number of carbonyl (C=O) groups is 1. The summed E-state index contributed by atoms with van der Waals surface area (Å²) in [7, 11) is 2.96. The van der Waals surface area contributed by atoms with E-state index in [0.717, 1.165) is 0 Å². The van der Waals surface area contributed by atoms with E-state index < -0.39 is 11.0 Å². The molecule has 0 fully saturated rings. The first-order valence-corrected chi connectivity index (χ1v) is 8.61. The predicted molar refractivity (Wildman–Crippen MR) is 105 cm³/mol. The second kappa shape index (κ2) is 8.01. The van der Waals surface area contributed by atoms with Crippen molar-refractivity contribution in [3.63, 3.8) is 0 Å². The molecule has 0 aliphatic rings. The van der Waals surface area contributed by atoms with Crippen LogP contribution in [0.25, 0.3) is 10.9 Å². The summed E-state index contributed by atoms with van der Waals surface area (Å²) in [6.45, 7) is 1.32. The number of aromatic hydroxyl groups is 1. The third kappa shape index (κ3) is 3.75. The van der Waals surface area contributed by atoms with Crippen LogP contribution in [0.2, 0.25) is 0 Å². The highest BCUT2D eigenvalue weighted by Crippen LogP contribution is 2.40. The summed E-state index contributed by atoms with van der Waals surface area (Å²) in [4.78, 5) is 27.0. The number of rotatable bonds is 6. The number of hydrogen-bond acceptors (Lipinski definition) is 7. The van der Waals surface area contributed by atoms with E-state index in [4.69, 9.17) is 9.47 Å². The summed E-state index contributed by atoms with van der Waals surface area (Å²) in [6, 6.07) is 8.38. The Morgan fingerprint density at radius 3 is 2.55 bits per heavy atom. The van der Waals surface area contributed by atoms with Crippen LogP contribution in [0.1, 0.15) is 24.1 Å². The van der Waals surface area contributed by atoms with Crippen LogP contribution < -0.4 is 14.8 Å². The van der Waals surface area contributed by atoms with E-state index in [1.165, 1.54) is 39.5 Å². The van der Waals surface area contributed by atoms with Crippen LogP contribution in [0.4, 0.5) is 5.69 Å². The van der Waals surface area contributed by atoms with Gasteiger partial charge in [0.05, 0.1) is 30.6 Å². The molecule has 0 aliphatic heterocycles. The van der Waals surface area contributed by atoms with Crippen LogP contribution in [0, 0.1) is 10.1 Å². The second-order valence-electron chi connectivity index (χ2n) is 6.24. The van der Waals surface area contributed by atoms with Gasteiger partial charge >= 0.3 is 0 Å². The quantitative estimate of drug-likeness (QED) is 0.484. The van der Waals surface area contributed by atoms with Crippen molar-refractivity contribution in [2.75, 3.05) is 14.2 Å². The monoisotopic (exact) mass is 397 g/mol. The third-order valence-electron chi connectivity index (χ3n) is 4.47. The van der Waals surface area contributed by atoms with E-state index in [0.29, 0.717) is 17.1 Å². The normalized spacial score (nSPS) is 11.7. The molecule has 0 unspecified atom stereocenters. The fourth-order valence-electron chi connectivity index (χ4n) is 3.18. The van der Waals surface area contributed by atoms with Crippen molar-refractivity contribution in [3.8, 4) is 17.2 Å². The van der Waals surface area contributed by atoms with Crippen LogP contribution in [-0.4, -0.2) is 35.1 Å². The van der Waals surface area contributed by atoms with Crippen molar-refractivity contribution in [1.29, 1.82) is 0 Å². The van der Waals surface area contributed by atoms with Gasteiger partial charge in [-0.25, -0.2) is 0 Å². The summed E-state index contributed by atoms with van der Waals surface area (Å²) in [5.41, 5.74) is 0.535. The molecule has 2 aromatic carbocycles. The Balaban J connectivity index is 2.28. The molecule has 0 bridgehead atoms. The lowest BCUT2D eigenvalue weighted by Crippen LogP contribution is -2.27. The Bertz CT molecular complexity index is 1100. The number of phenols is 1. The number of fused-ring (bicyclic) bond motifs is 1. The highest BCUT2D eigenvalue weighted by atomic mass is 16.6. The molecule has 3 rings (SSSR count). The number of pyridine rings is 1. The molecule has 29 heavy (non-hydrogen) atoms. The average molecular weight is 397 g/mol. The van der Waals surface area contributed by atoms with E-state index >= 15 is 0 Å². The minimum Gasteiger partial charge on any atom is -0.505 e. The minimum absolute atomic E-state index is 0.0764. The average Bonchev–Trinajstić information content (AvgIpc) is 2.72. The highest BCUT2D eigenvalue weighted by molar-refractivity contribution is 5.93. The first-order chi connectivity index (χ1) is 13.9. The number of ether oxygens (including phenoxy) is 2. The zero-order valence-corrected chi connectivity index (χ0v) is 16.0. The van der Waals surface area contributed by atoms with Crippen molar-refractivity contribution in [2.45, 2.75) is 13.0 Å². The molecule has 0 spiro atoms. The minimum atomic E-state index is -0.877. The van der Waals surface area contributed by atoms with E-state index in [-0.39, 0.29) is 33.8 Å². The van der Waals surface area contributed by atoms with Gasteiger partial charge in [0.15, 0.2) is 11.5 Å². The van der Waals surface area contributed by atoms with Crippen LogP contribution in [-0.2, 0) is 4.79 Å². The molecule has 150 valence electrons. The Morgan fingerprint density at radius 2 is 1.93 bits per heavy atom. The van der Waals surface area contributed by atoms with Crippen LogP contribution >= 0.6 is 0 Å². The van der Waals surface area contributed by atoms with Gasteiger partial charge in [0.1, 0.15) is 11.3 Å². The van der Waals surface area contributed by atoms with Crippen molar-refractivity contribution >= 4 is 22.5 Å². The summed E-state index contributed by atoms with van der Waals surface area (Å²) in [5.74, 6) is 0.258. The smallest absolute Gasteiger partial charge is 0.279 e. The molecule has 9 nitrogen and oxygen atoms in total. The number of aromatic nitrogens is 1. The van der Waals surface area contributed by atoms with Crippen molar-refractivity contribution in [3.05, 3.63) is 63.8 Å². The molecule has 0 saturated carbocycles. The Labute approximate surface area is 166 Å². The van der Waals surface area contributed by atoms with Gasteiger partial charge in [0, 0.05) is 24.8 Å². The lowest BCUT2D eigenvalue weighted by atomic mass is 9.95. The van der Waals surface area contributed by atoms with Gasteiger partial charge in [-0.05, 0) is 29.8 Å². The largest absolute Gasteiger partial charge is 0.505 e. The highest BCUT2D eigenvalue weighted by Gasteiger charge is 2.27. The van der Waals surface area contributed by atoms with E-state index in [2.05, 4.69) is 10.3 Å². The zero-order valence-electron chi connectivity index (χ0n) is 16.0. The maximum atomic E-state index is 11.9. The van der Waals surface area contributed by atoms with E-state index in [1.54, 1.807) is 24.3 Å². The number of nitro benzene ring substituents is 1. The molecule has 1 aromatic heterocycles. The molecule has 0 aliphatic carbocycles. The first-order valence-electron chi connectivity index (χ1n) is 8.61. The van der Waals surface area contributed by atoms with Crippen molar-refractivity contribution in [2.24, 2.45) is 0 Å². The maximum absolute atomic E-state index is 11.9. The number of non-ortho nitro benzene ring substituents is 1. The molecule has 1 atom stereocenters. The number of amides is 1. The molecule has 2 N–H and O–H groups in total. The molecule has 1 heterocycles. The zero-order chi connectivity index (χ0) is 21.1. The van der Waals surface area contributed by atoms with Crippen LogP contribution in [0.3, 0.4) is 0 Å². The fraction of sp³-hybridized carbons (Fsp3) is 0.200. The van der Waals surface area contributed by atoms with Crippen molar-refractivity contribution in [1.82, 2.24) is 10.3 Å². The van der Waals surface area contributed by atoms with Gasteiger partial charge in [-0.1, -0.05) is 6.07 Å². The van der Waals surface area contributed by atoms with Gasteiger partial charge in [-0.2, -0.15) is 0 Å². The Hall–Kier alpha value is -3.88. The van der Waals surface area contributed by atoms with Gasteiger partial charge in [0.25, 0.3) is 5.69 Å². The molecular formula is C20H19N3O6. The van der Waals surface area contributed by atoms with Crippen LogP contribution in [0.5, 0.6) is 17.2 Å². The number of nitrogens with zero attached hydrogens (tertiary/aromatic N) is 2. The molecular weight excluding hydrogens is 378 g/mol. The number of nitrogens with one attached hydrogen (secondary N) is 1. The van der Waals surface area contributed by atoms with E-state index in [9.17, 15) is 20.0 Å². The maximum Gasteiger partial charge on any atom is 0.279 e. The van der Waals surface area contributed by atoms with Gasteiger partial charge in [0.2, 0.25) is 5.91 Å². The molecule has 3 aromatic rings. The lowest BCUT2D eigenvalue weighted by molar-refractivity contribution is -0.383. The summed E-state index contributed by atoms with van der Waals surface area (Å²) in [6.07, 6.45) is 1.43. The summed E-state index contributed by atoms with van der Waals surface area (Å²) in [5, 5.41) is 25.4. The van der Waals surface area contributed by atoms with E-state index in [1.807, 2.05) is 0 Å². The number of hydrogen-bond donors (Lipinski definition) is 2. The number of benzene rings is 2. The predicted octanol–water partition coefficient (Wildman–Crippen LogP) is 3.09.